The minimum Gasteiger partial charge on any atom is -0.463 e. The lowest BCUT2D eigenvalue weighted by molar-refractivity contribution is 0.0482. The molecule has 1 N–H and O–H groups in total. The second-order valence-electron chi connectivity index (χ2n) is 4.11. The van der Waals surface area contributed by atoms with Gasteiger partial charge >= 0.3 is 6.01 Å². The van der Waals surface area contributed by atoms with Gasteiger partial charge in [0.15, 0.2) is 0 Å². The monoisotopic (exact) mass is 272 g/mol. The van der Waals surface area contributed by atoms with Gasteiger partial charge in [0.2, 0.25) is 11.2 Å². The van der Waals surface area contributed by atoms with Crippen LogP contribution in [0, 0.1) is 5.92 Å². The maximum absolute atomic E-state index is 5.81. The van der Waals surface area contributed by atoms with E-state index in [4.69, 9.17) is 21.1 Å². The Hall–Kier alpha value is -1.14. The van der Waals surface area contributed by atoms with E-state index >= 15 is 0 Å². The molecule has 1 aliphatic heterocycles. The number of hydrogen-bond donors (Lipinski definition) is 1. The fourth-order valence-corrected chi connectivity index (χ4v) is 1.89. The Morgan fingerprint density at radius 2 is 2.11 bits per heavy atom. The Kier molecular flexibility index (Phi) is 4.95. The molecule has 0 aromatic carbocycles. The first-order valence-corrected chi connectivity index (χ1v) is 6.51. The van der Waals surface area contributed by atoms with Crippen molar-refractivity contribution in [1.82, 2.24) is 15.0 Å². The molecule has 0 atom stereocenters. The molecule has 2 heterocycles. The molecule has 7 heteroatoms. The molecule has 100 valence electrons. The van der Waals surface area contributed by atoms with Crippen LogP contribution < -0.4 is 10.1 Å². The van der Waals surface area contributed by atoms with E-state index in [1.165, 1.54) is 0 Å². The zero-order valence-electron chi connectivity index (χ0n) is 10.4. The molecule has 0 amide bonds. The van der Waals surface area contributed by atoms with Crippen molar-refractivity contribution in [1.29, 1.82) is 0 Å². The summed E-state index contributed by atoms with van der Waals surface area (Å²) in [6, 6.07) is 0.275. The van der Waals surface area contributed by atoms with Gasteiger partial charge < -0.3 is 14.8 Å². The third-order valence-corrected chi connectivity index (χ3v) is 2.88. The number of anilines is 1. The number of aromatic nitrogens is 3. The third kappa shape index (κ3) is 3.96. The SMILES string of the molecule is CCNc1nc(Cl)nc(OCC2CCOCC2)n1. The fourth-order valence-electron chi connectivity index (χ4n) is 1.74. The summed E-state index contributed by atoms with van der Waals surface area (Å²) in [4.78, 5) is 12.0. The van der Waals surface area contributed by atoms with E-state index in [0.29, 0.717) is 18.5 Å². The van der Waals surface area contributed by atoms with Gasteiger partial charge in [-0.25, -0.2) is 0 Å². The smallest absolute Gasteiger partial charge is 0.322 e. The number of ether oxygens (including phenoxy) is 2. The fraction of sp³-hybridized carbons (Fsp3) is 0.727. The molecule has 0 radical (unpaired) electrons. The van der Waals surface area contributed by atoms with Gasteiger partial charge in [-0.1, -0.05) is 0 Å². The molecular formula is C11H17ClN4O2. The molecule has 2 rings (SSSR count). The van der Waals surface area contributed by atoms with Crippen molar-refractivity contribution in [2.75, 3.05) is 31.7 Å². The number of nitrogens with zero attached hydrogens (tertiary/aromatic N) is 3. The Morgan fingerprint density at radius 1 is 1.33 bits per heavy atom. The summed E-state index contributed by atoms with van der Waals surface area (Å²) >= 11 is 5.81. The van der Waals surface area contributed by atoms with Crippen molar-refractivity contribution in [3.05, 3.63) is 5.28 Å². The molecule has 6 nitrogen and oxygen atoms in total. The summed E-state index contributed by atoms with van der Waals surface area (Å²) in [6.45, 7) is 4.87. The average molecular weight is 273 g/mol. The summed E-state index contributed by atoms with van der Waals surface area (Å²) in [5, 5.41) is 3.12. The zero-order chi connectivity index (χ0) is 12.8. The van der Waals surface area contributed by atoms with E-state index in [-0.39, 0.29) is 11.3 Å². The van der Waals surface area contributed by atoms with E-state index in [2.05, 4.69) is 20.3 Å². The van der Waals surface area contributed by atoms with Crippen molar-refractivity contribution in [3.63, 3.8) is 0 Å². The predicted octanol–water partition coefficient (Wildman–Crippen LogP) is 1.76. The molecule has 0 aliphatic carbocycles. The van der Waals surface area contributed by atoms with Crippen LogP contribution in [0.1, 0.15) is 19.8 Å². The second-order valence-corrected chi connectivity index (χ2v) is 4.45. The topological polar surface area (TPSA) is 69.2 Å². The lowest BCUT2D eigenvalue weighted by atomic mass is 10.0. The van der Waals surface area contributed by atoms with Gasteiger partial charge in [0.25, 0.3) is 0 Å². The summed E-state index contributed by atoms with van der Waals surface area (Å²) in [5.74, 6) is 0.941. The molecule has 18 heavy (non-hydrogen) atoms. The van der Waals surface area contributed by atoms with Gasteiger partial charge in [-0.2, -0.15) is 15.0 Å². The summed E-state index contributed by atoms with van der Waals surface area (Å²) in [7, 11) is 0. The largest absolute Gasteiger partial charge is 0.463 e. The highest BCUT2D eigenvalue weighted by atomic mass is 35.5. The van der Waals surface area contributed by atoms with Crippen molar-refractivity contribution < 1.29 is 9.47 Å². The maximum Gasteiger partial charge on any atom is 0.322 e. The molecule has 0 bridgehead atoms. The van der Waals surface area contributed by atoms with Crippen LogP contribution in [0.5, 0.6) is 6.01 Å². The van der Waals surface area contributed by atoms with E-state index in [0.717, 1.165) is 32.6 Å². The van der Waals surface area contributed by atoms with Crippen molar-refractivity contribution in [2.24, 2.45) is 5.92 Å². The quantitative estimate of drug-likeness (QED) is 0.881. The molecule has 1 aromatic heterocycles. The number of halogens is 1. The minimum absolute atomic E-state index is 0.142. The lowest BCUT2D eigenvalue weighted by Crippen LogP contribution is -2.22. The van der Waals surface area contributed by atoms with Crippen LogP contribution in [0.15, 0.2) is 0 Å². The lowest BCUT2D eigenvalue weighted by Gasteiger charge is -2.21. The summed E-state index contributed by atoms with van der Waals surface area (Å²) in [6.07, 6.45) is 2.03. The van der Waals surface area contributed by atoms with Gasteiger partial charge in [-0.15, -0.1) is 0 Å². The van der Waals surface area contributed by atoms with E-state index in [1.807, 2.05) is 6.92 Å². The molecule has 0 spiro atoms. The van der Waals surface area contributed by atoms with Gasteiger partial charge in [0.05, 0.1) is 6.61 Å². The van der Waals surface area contributed by atoms with Crippen molar-refractivity contribution in [2.45, 2.75) is 19.8 Å². The third-order valence-electron chi connectivity index (χ3n) is 2.71. The number of nitrogens with one attached hydrogen (secondary N) is 1. The maximum atomic E-state index is 5.81. The van der Waals surface area contributed by atoms with E-state index < -0.39 is 0 Å². The predicted molar refractivity (Wildman–Crippen MR) is 68.0 cm³/mol. The molecule has 0 saturated carbocycles. The standard InChI is InChI=1S/C11H17ClN4O2/c1-2-13-10-14-9(12)15-11(16-10)18-7-8-3-5-17-6-4-8/h8H,2-7H2,1H3,(H,13,14,15,16). The van der Waals surface area contributed by atoms with Crippen molar-refractivity contribution >= 4 is 17.5 Å². The van der Waals surface area contributed by atoms with Crippen LogP contribution >= 0.6 is 11.6 Å². The average Bonchev–Trinajstić information content (AvgIpc) is 2.37. The van der Waals surface area contributed by atoms with Crippen LogP contribution in [0.2, 0.25) is 5.28 Å². The molecular weight excluding hydrogens is 256 g/mol. The number of rotatable bonds is 5. The summed E-state index contributed by atoms with van der Waals surface area (Å²) in [5.41, 5.74) is 0. The van der Waals surface area contributed by atoms with Gasteiger partial charge in [0, 0.05) is 19.8 Å². The van der Waals surface area contributed by atoms with Crippen molar-refractivity contribution in [3.8, 4) is 6.01 Å². The van der Waals surface area contributed by atoms with Crippen LogP contribution in [-0.4, -0.2) is 41.3 Å². The second kappa shape index (κ2) is 6.70. The van der Waals surface area contributed by atoms with E-state index in [1.54, 1.807) is 0 Å². The minimum atomic E-state index is 0.142. The van der Waals surface area contributed by atoms with Gasteiger partial charge in [-0.3, -0.25) is 0 Å². The van der Waals surface area contributed by atoms with Crippen LogP contribution in [-0.2, 0) is 4.74 Å². The summed E-state index contributed by atoms with van der Waals surface area (Å²) < 4.78 is 10.9. The highest BCUT2D eigenvalue weighted by Gasteiger charge is 2.15. The Bertz CT molecular complexity index is 385. The molecule has 1 fully saturated rings. The van der Waals surface area contributed by atoms with E-state index in [9.17, 15) is 0 Å². The Labute approximate surface area is 111 Å². The number of hydrogen-bond acceptors (Lipinski definition) is 6. The molecule has 1 aliphatic rings. The molecule has 0 unspecified atom stereocenters. The highest BCUT2D eigenvalue weighted by Crippen LogP contribution is 2.17. The highest BCUT2D eigenvalue weighted by molar-refractivity contribution is 6.28. The van der Waals surface area contributed by atoms with Gasteiger partial charge in [0.1, 0.15) is 0 Å². The van der Waals surface area contributed by atoms with Crippen LogP contribution in [0.25, 0.3) is 0 Å². The normalized spacial score (nSPS) is 16.6. The first-order valence-electron chi connectivity index (χ1n) is 6.14. The first-order chi connectivity index (χ1) is 8.78. The van der Waals surface area contributed by atoms with Gasteiger partial charge in [-0.05, 0) is 37.3 Å². The first kappa shape index (κ1) is 13.3. The van der Waals surface area contributed by atoms with Crippen LogP contribution in [0.3, 0.4) is 0 Å². The zero-order valence-corrected chi connectivity index (χ0v) is 11.1. The Balaban J connectivity index is 1.91. The molecule has 1 saturated heterocycles. The Morgan fingerprint density at radius 3 is 2.83 bits per heavy atom. The van der Waals surface area contributed by atoms with Crippen LogP contribution in [0.4, 0.5) is 5.95 Å². The molecule has 1 aromatic rings.